The fraction of sp³-hybridized carbons (Fsp3) is 0.467. The van der Waals surface area contributed by atoms with Crippen molar-refractivity contribution in [2.24, 2.45) is 0 Å². The van der Waals surface area contributed by atoms with E-state index < -0.39 is 18.5 Å². The molecular formula is C30H36N8O6. The monoisotopic (exact) mass is 604 g/mol. The number of nitrogens with zero attached hydrogens (tertiary/aromatic N) is 7. The summed E-state index contributed by atoms with van der Waals surface area (Å²) in [4.78, 5) is 61.0. The number of nitrogens with one attached hydrogen (secondary N) is 1. The predicted molar refractivity (Wildman–Crippen MR) is 161 cm³/mol. The Morgan fingerprint density at radius 3 is 2.18 bits per heavy atom. The molecule has 0 aromatic carbocycles. The van der Waals surface area contributed by atoms with Gasteiger partial charge in [0.1, 0.15) is 34.7 Å². The molecule has 0 atom stereocenters. The van der Waals surface area contributed by atoms with Crippen molar-refractivity contribution >= 4 is 35.1 Å². The van der Waals surface area contributed by atoms with E-state index in [1.54, 1.807) is 30.0 Å². The number of rotatable bonds is 5. The van der Waals surface area contributed by atoms with Crippen molar-refractivity contribution in [2.75, 3.05) is 11.9 Å². The van der Waals surface area contributed by atoms with Crippen LogP contribution >= 0.6 is 0 Å². The van der Waals surface area contributed by atoms with Crippen molar-refractivity contribution in [1.82, 2.24) is 24.5 Å². The first-order chi connectivity index (χ1) is 21.0. The second kappa shape index (κ2) is 17.7. The maximum absolute atomic E-state index is 12.4. The Hall–Kier alpha value is -5.24. The smallest absolute Gasteiger partial charge is 0.384 e. The molecular weight excluding hydrogens is 568 g/mol. The Labute approximate surface area is 254 Å². The van der Waals surface area contributed by atoms with Crippen LogP contribution < -0.4 is 10.9 Å². The Balaban J connectivity index is 0.000000240. The highest BCUT2D eigenvalue weighted by Gasteiger charge is 2.22. The largest absolute Gasteiger partial charge is 0.481 e. The number of pyridine rings is 1. The Bertz CT molecular complexity index is 1590. The molecule has 232 valence electrons. The normalized spacial score (nSPS) is 13.9. The molecule has 0 aliphatic heterocycles. The molecule has 0 bridgehead atoms. The van der Waals surface area contributed by atoms with Crippen molar-refractivity contribution in [1.29, 1.82) is 5.26 Å². The summed E-state index contributed by atoms with van der Waals surface area (Å²) in [5.41, 5.74) is 1.16. The van der Waals surface area contributed by atoms with E-state index in [2.05, 4.69) is 30.1 Å². The zero-order valence-electron chi connectivity index (χ0n) is 25.0. The molecule has 14 nitrogen and oxygen atoms in total. The molecule has 3 aromatic rings. The van der Waals surface area contributed by atoms with Crippen LogP contribution in [0.1, 0.15) is 91.9 Å². The first-order valence-corrected chi connectivity index (χ1v) is 14.1. The third-order valence-electron chi connectivity index (χ3n) is 6.68. The number of aldehydes is 1. The van der Waals surface area contributed by atoms with Crippen LogP contribution in [0.15, 0.2) is 23.3 Å². The van der Waals surface area contributed by atoms with Gasteiger partial charge in [0.25, 0.3) is 11.5 Å². The molecule has 0 spiro atoms. The second-order valence-corrected chi connectivity index (χ2v) is 10.2. The Morgan fingerprint density at radius 1 is 1.09 bits per heavy atom. The number of anilines is 1. The van der Waals surface area contributed by atoms with E-state index in [0.717, 1.165) is 44.3 Å². The zero-order valence-corrected chi connectivity index (χ0v) is 25.0. The highest BCUT2D eigenvalue weighted by atomic mass is 16.4. The molecule has 2 saturated carbocycles. The molecule has 0 amide bonds. The van der Waals surface area contributed by atoms with Crippen LogP contribution in [0.2, 0.25) is 0 Å². The minimum atomic E-state index is -1.06. The van der Waals surface area contributed by atoms with E-state index >= 15 is 0 Å². The van der Waals surface area contributed by atoms with Crippen LogP contribution in [0, 0.1) is 31.8 Å². The summed E-state index contributed by atoms with van der Waals surface area (Å²) in [5.74, 6) is 0.124. The highest BCUT2D eigenvalue weighted by Crippen LogP contribution is 2.30. The summed E-state index contributed by atoms with van der Waals surface area (Å²) in [7, 11) is 0. The fourth-order valence-electron chi connectivity index (χ4n) is 4.80. The third-order valence-corrected chi connectivity index (χ3v) is 6.68. The quantitative estimate of drug-likeness (QED) is 0.278. The molecule has 44 heavy (non-hydrogen) atoms. The van der Waals surface area contributed by atoms with Crippen molar-refractivity contribution in [3.05, 3.63) is 63.0 Å². The number of aryl methyl sites for hydroxylation is 2. The van der Waals surface area contributed by atoms with Gasteiger partial charge in [0.15, 0.2) is 6.29 Å². The molecule has 0 saturated heterocycles. The van der Waals surface area contributed by atoms with Gasteiger partial charge in [-0.25, -0.2) is 31.3 Å². The van der Waals surface area contributed by atoms with Gasteiger partial charge in [-0.2, -0.15) is 5.26 Å². The summed E-state index contributed by atoms with van der Waals surface area (Å²) in [5, 5.41) is 28.3. The summed E-state index contributed by atoms with van der Waals surface area (Å²) in [6, 6.07) is 4.20. The number of hydrogen-bond donors (Lipinski definition) is 3. The van der Waals surface area contributed by atoms with Crippen LogP contribution in [-0.2, 0) is 9.59 Å². The number of nitriles is 1. The number of fused-ring (bicyclic) bond motifs is 1. The maximum atomic E-state index is 12.4. The van der Waals surface area contributed by atoms with E-state index in [9.17, 15) is 14.4 Å². The molecule has 3 heterocycles. The Morgan fingerprint density at radius 2 is 1.66 bits per heavy atom. The van der Waals surface area contributed by atoms with E-state index in [1.807, 2.05) is 13.0 Å². The molecule has 2 aliphatic carbocycles. The van der Waals surface area contributed by atoms with Gasteiger partial charge in [0.05, 0.1) is 5.56 Å². The van der Waals surface area contributed by atoms with Crippen molar-refractivity contribution in [3.8, 4) is 6.07 Å². The van der Waals surface area contributed by atoms with Crippen molar-refractivity contribution in [3.63, 3.8) is 0 Å². The summed E-state index contributed by atoms with van der Waals surface area (Å²) in [6.07, 6.45) is 13.1. The number of aromatic nitrogens is 5. The molecule has 14 heteroatoms. The van der Waals surface area contributed by atoms with Crippen LogP contribution in [0.4, 0.5) is 5.82 Å². The molecule has 0 radical (unpaired) electrons. The SMILES string of the molecule is CC(=O)O.Cc1ncc(C=O)c(NC2CCCC2)n1.Cc1ncc2cc(C#N)c(=O)n(C3CCCC3)c2n1.[C-]#[N+]CC(=O)O. The number of carboxylic acids is 2. The first-order valence-electron chi connectivity index (χ1n) is 14.1. The van der Waals surface area contributed by atoms with E-state index in [1.165, 1.54) is 25.7 Å². The Kier molecular flexibility index (Phi) is 14.0. The van der Waals surface area contributed by atoms with Gasteiger partial charge >= 0.3 is 12.5 Å². The van der Waals surface area contributed by atoms with Gasteiger partial charge < -0.3 is 20.4 Å². The number of carbonyl (C=O) groups excluding carboxylic acids is 1. The zero-order chi connectivity index (χ0) is 32.6. The minimum Gasteiger partial charge on any atom is -0.481 e. The maximum Gasteiger partial charge on any atom is 0.384 e. The number of carboxylic acid groups (broad SMARTS) is 2. The van der Waals surface area contributed by atoms with Crippen LogP contribution in [0.5, 0.6) is 0 Å². The fourth-order valence-corrected chi connectivity index (χ4v) is 4.80. The van der Waals surface area contributed by atoms with Gasteiger partial charge in [-0.15, -0.1) is 0 Å². The molecule has 0 unspecified atom stereocenters. The van der Waals surface area contributed by atoms with Gasteiger partial charge in [0, 0.05) is 36.8 Å². The summed E-state index contributed by atoms with van der Waals surface area (Å²) >= 11 is 0. The summed E-state index contributed by atoms with van der Waals surface area (Å²) in [6.45, 7) is 10.3. The van der Waals surface area contributed by atoms with Gasteiger partial charge in [-0.05, 0) is 45.6 Å². The second-order valence-electron chi connectivity index (χ2n) is 10.2. The van der Waals surface area contributed by atoms with Crippen LogP contribution in [-0.4, -0.2) is 65.5 Å². The molecule has 3 N–H and O–H groups in total. The molecule has 5 rings (SSSR count). The lowest BCUT2D eigenvalue weighted by Crippen LogP contribution is -2.26. The topological polar surface area (TPSA) is 205 Å². The van der Waals surface area contributed by atoms with E-state index in [4.69, 9.17) is 26.8 Å². The lowest BCUT2D eigenvalue weighted by molar-refractivity contribution is -0.135. The van der Waals surface area contributed by atoms with E-state index in [-0.39, 0.29) is 17.2 Å². The van der Waals surface area contributed by atoms with Gasteiger partial charge in [-0.1, -0.05) is 25.7 Å². The number of carbonyl (C=O) groups is 3. The third kappa shape index (κ3) is 10.9. The number of aliphatic carboxylic acids is 2. The lowest BCUT2D eigenvalue weighted by Gasteiger charge is -2.16. The van der Waals surface area contributed by atoms with E-state index in [0.29, 0.717) is 34.7 Å². The van der Waals surface area contributed by atoms with Crippen LogP contribution in [0.3, 0.4) is 0 Å². The first kappa shape index (κ1) is 35.0. The standard InChI is InChI=1S/C14H14N4O.C11H15N3O.C3H3NO2.C2H4O2/c1-9-16-8-11-6-10(7-15)14(19)18(13(11)17-9)12-4-2-3-5-12;1-8-12-6-9(7-15)11(13-8)14-10-4-2-3-5-10;1-4-2-3(5)6;1-2(3)4/h6,8,12H,2-5H2,1H3;6-7,10H,2-5H2,1H3,(H,12,13,14);2H2,(H,5,6);1H3,(H,3,4). The molecule has 3 aromatic heterocycles. The molecule has 2 aliphatic rings. The van der Waals surface area contributed by atoms with Crippen molar-refractivity contribution < 1.29 is 24.6 Å². The molecule has 2 fully saturated rings. The van der Waals surface area contributed by atoms with Gasteiger partial charge in [0.2, 0.25) is 0 Å². The highest BCUT2D eigenvalue weighted by molar-refractivity contribution is 5.82. The average molecular weight is 605 g/mol. The number of hydrogen-bond acceptors (Lipinski definition) is 10. The van der Waals surface area contributed by atoms with Crippen molar-refractivity contribution in [2.45, 2.75) is 84.2 Å². The summed E-state index contributed by atoms with van der Waals surface area (Å²) < 4.78 is 1.70. The minimum absolute atomic E-state index is 0.164. The average Bonchev–Trinajstić information content (AvgIpc) is 3.68. The lowest BCUT2D eigenvalue weighted by atomic mass is 10.2. The van der Waals surface area contributed by atoms with Gasteiger partial charge in [-0.3, -0.25) is 19.0 Å². The predicted octanol–water partition coefficient (Wildman–Crippen LogP) is 4.12. The van der Waals surface area contributed by atoms with Crippen LogP contribution in [0.25, 0.3) is 15.9 Å².